The number of hydrogen-bond donors (Lipinski definition) is 2. The SMILES string of the molecule is COc1ccccc1CN1C(=O)N[C@@H](CCC(=O)NC[C@@H]2CCCN3CCCCC23)C1=O. The van der Waals surface area contributed by atoms with Crippen LogP contribution in [-0.2, 0) is 16.1 Å². The summed E-state index contributed by atoms with van der Waals surface area (Å²) in [6.07, 6.45) is 6.67. The van der Waals surface area contributed by atoms with Crippen LogP contribution in [0.4, 0.5) is 4.79 Å². The second-order valence-electron chi connectivity index (χ2n) is 9.08. The number of para-hydroxylation sites is 1. The van der Waals surface area contributed by atoms with Crippen molar-refractivity contribution in [2.75, 3.05) is 26.7 Å². The molecule has 3 aliphatic rings. The zero-order valence-electron chi connectivity index (χ0n) is 18.8. The molecule has 0 radical (unpaired) electrons. The molecule has 174 valence electrons. The lowest BCUT2D eigenvalue weighted by Crippen LogP contribution is -2.51. The van der Waals surface area contributed by atoms with Crippen LogP contribution in [0.3, 0.4) is 0 Å². The largest absolute Gasteiger partial charge is 0.496 e. The summed E-state index contributed by atoms with van der Waals surface area (Å²) in [4.78, 5) is 41.4. The summed E-state index contributed by atoms with van der Waals surface area (Å²) in [7, 11) is 1.56. The second-order valence-corrected chi connectivity index (χ2v) is 9.08. The van der Waals surface area contributed by atoms with Gasteiger partial charge in [0.15, 0.2) is 0 Å². The molecule has 3 aliphatic heterocycles. The minimum absolute atomic E-state index is 0.0526. The summed E-state index contributed by atoms with van der Waals surface area (Å²) >= 11 is 0. The maximum absolute atomic E-state index is 12.8. The van der Waals surface area contributed by atoms with Crippen LogP contribution in [0.25, 0.3) is 0 Å². The highest BCUT2D eigenvalue weighted by molar-refractivity contribution is 6.04. The molecule has 8 nitrogen and oxygen atoms in total. The zero-order valence-corrected chi connectivity index (χ0v) is 18.8. The highest BCUT2D eigenvalue weighted by Crippen LogP contribution is 2.30. The van der Waals surface area contributed by atoms with Gasteiger partial charge in [0.1, 0.15) is 11.8 Å². The van der Waals surface area contributed by atoms with Crippen molar-refractivity contribution in [1.29, 1.82) is 0 Å². The molecule has 3 saturated heterocycles. The minimum Gasteiger partial charge on any atom is -0.496 e. The van der Waals surface area contributed by atoms with Crippen molar-refractivity contribution in [3.8, 4) is 5.75 Å². The van der Waals surface area contributed by atoms with Crippen molar-refractivity contribution in [3.63, 3.8) is 0 Å². The molecular formula is C24H34N4O4. The van der Waals surface area contributed by atoms with E-state index in [0.717, 1.165) is 12.0 Å². The number of ether oxygens (including phenoxy) is 1. The first-order chi connectivity index (χ1) is 15.6. The van der Waals surface area contributed by atoms with Gasteiger partial charge in [-0.15, -0.1) is 0 Å². The Bertz CT molecular complexity index is 843. The standard InChI is InChI=1S/C24H34N4O4/c1-32-21-10-3-2-7-18(21)16-28-23(30)19(26-24(28)31)11-12-22(29)25-15-17-8-6-14-27-13-5-4-9-20(17)27/h2-3,7,10,17,19-20H,4-6,8-9,11-16H2,1H3,(H,25,29)(H,26,31)/t17-,19-,20?/m0/s1. The average Bonchev–Trinajstić information content (AvgIpc) is 3.09. The highest BCUT2D eigenvalue weighted by Gasteiger charge is 2.38. The first kappa shape index (κ1) is 22.6. The lowest BCUT2D eigenvalue weighted by atomic mass is 9.83. The normalized spacial score (nSPS) is 25.9. The summed E-state index contributed by atoms with van der Waals surface area (Å²) in [5.41, 5.74) is 0.765. The monoisotopic (exact) mass is 442 g/mol. The van der Waals surface area contributed by atoms with Gasteiger partial charge in [-0.3, -0.25) is 14.5 Å². The average molecular weight is 443 g/mol. The van der Waals surface area contributed by atoms with E-state index >= 15 is 0 Å². The summed E-state index contributed by atoms with van der Waals surface area (Å²) in [6.45, 7) is 3.22. The Hall–Kier alpha value is -2.61. The van der Waals surface area contributed by atoms with E-state index in [0.29, 0.717) is 30.7 Å². The first-order valence-corrected chi connectivity index (χ1v) is 11.8. The fraction of sp³-hybridized carbons (Fsp3) is 0.625. The van der Waals surface area contributed by atoms with Crippen LogP contribution in [0.15, 0.2) is 24.3 Å². The Morgan fingerprint density at radius 2 is 1.97 bits per heavy atom. The minimum atomic E-state index is -0.661. The van der Waals surface area contributed by atoms with Crippen molar-refractivity contribution in [3.05, 3.63) is 29.8 Å². The molecule has 2 N–H and O–H groups in total. The number of urea groups is 1. The van der Waals surface area contributed by atoms with Gasteiger partial charge < -0.3 is 20.3 Å². The molecule has 1 aromatic carbocycles. The fourth-order valence-electron chi connectivity index (χ4n) is 5.35. The van der Waals surface area contributed by atoms with E-state index in [-0.39, 0.29) is 24.8 Å². The predicted molar refractivity (Wildman–Crippen MR) is 120 cm³/mol. The molecule has 32 heavy (non-hydrogen) atoms. The molecule has 0 aromatic heterocycles. The number of carbonyl (C=O) groups is 3. The molecule has 3 fully saturated rings. The van der Waals surface area contributed by atoms with Gasteiger partial charge in [-0.1, -0.05) is 24.6 Å². The summed E-state index contributed by atoms with van der Waals surface area (Å²) in [5.74, 6) is 0.800. The van der Waals surface area contributed by atoms with Gasteiger partial charge in [-0.2, -0.15) is 0 Å². The number of fused-ring (bicyclic) bond motifs is 1. The Balaban J connectivity index is 1.24. The van der Waals surface area contributed by atoms with E-state index in [9.17, 15) is 14.4 Å². The fourth-order valence-corrected chi connectivity index (χ4v) is 5.35. The third-order valence-corrected chi connectivity index (χ3v) is 7.08. The molecule has 0 bridgehead atoms. The zero-order chi connectivity index (χ0) is 22.5. The lowest BCUT2D eigenvalue weighted by Gasteiger charge is -2.44. The molecule has 8 heteroatoms. The van der Waals surface area contributed by atoms with E-state index in [4.69, 9.17) is 4.74 Å². The third-order valence-electron chi connectivity index (χ3n) is 7.08. The second kappa shape index (κ2) is 10.3. The number of nitrogens with one attached hydrogen (secondary N) is 2. The smallest absolute Gasteiger partial charge is 0.325 e. The molecule has 3 heterocycles. The van der Waals surface area contributed by atoms with Gasteiger partial charge in [0.05, 0.1) is 13.7 Å². The number of benzene rings is 1. The number of hydrogen-bond acceptors (Lipinski definition) is 5. The summed E-state index contributed by atoms with van der Waals surface area (Å²) in [6, 6.07) is 6.83. The summed E-state index contributed by atoms with van der Waals surface area (Å²) < 4.78 is 5.32. The number of nitrogens with zero attached hydrogens (tertiary/aromatic N) is 2. The Labute approximate surface area is 189 Å². The van der Waals surface area contributed by atoms with E-state index < -0.39 is 12.1 Å². The van der Waals surface area contributed by atoms with Crippen LogP contribution in [0.5, 0.6) is 5.75 Å². The lowest BCUT2D eigenvalue weighted by molar-refractivity contribution is -0.128. The molecule has 1 unspecified atom stereocenters. The van der Waals surface area contributed by atoms with Gasteiger partial charge in [0, 0.05) is 24.6 Å². The molecule has 1 aromatic rings. The van der Waals surface area contributed by atoms with Crippen molar-refractivity contribution in [2.24, 2.45) is 5.92 Å². The molecule has 0 spiro atoms. The van der Waals surface area contributed by atoms with E-state index in [1.54, 1.807) is 13.2 Å². The van der Waals surface area contributed by atoms with Crippen LogP contribution in [0.2, 0.25) is 0 Å². The van der Waals surface area contributed by atoms with Crippen LogP contribution < -0.4 is 15.4 Å². The first-order valence-electron chi connectivity index (χ1n) is 11.8. The van der Waals surface area contributed by atoms with Crippen LogP contribution >= 0.6 is 0 Å². The molecule has 0 saturated carbocycles. The van der Waals surface area contributed by atoms with Gasteiger partial charge in [0.2, 0.25) is 5.91 Å². The predicted octanol–water partition coefficient (Wildman–Crippen LogP) is 2.28. The number of rotatable bonds is 8. The Morgan fingerprint density at radius 3 is 2.81 bits per heavy atom. The number of piperidine rings is 2. The number of methoxy groups -OCH3 is 1. The number of carbonyl (C=O) groups excluding carboxylic acids is 3. The van der Waals surface area contributed by atoms with Crippen molar-refractivity contribution < 1.29 is 19.1 Å². The van der Waals surface area contributed by atoms with Crippen molar-refractivity contribution in [1.82, 2.24) is 20.4 Å². The van der Waals surface area contributed by atoms with Crippen molar-refractivity contribution in [2.45, 2.75) is 63.6 Å². The molecular weight excluding hydrogens is 408 g/mol. The summed E-state index contributed by atoms with van der Waals surface area (Å²) in [5, 5.41) is 5.80. The van der Waals surface area contributed by atoms with Crippen LogP contribution in [0, 0.1) is 5.92 Å². The maximum Gasteiger partial charge on any atom is 0.325 e. The molecule has 3 atom stereocenters. The van der Waals surface area contributed by atoms with E-state index in [1.807, 2.05) is 18.2 Å². The highest BCUT2D eigenvalue weighted by atomic mass is 16.5. The molecule has 0 aliphatic carbocycles. The third kappa shape index (κ3) is 5.06. The van der Waals surface area contributed by atoms with E-state index in [1.165, 1.54) is 43.7 Å². The number of imide groups is 1. The van der Waals surface area contributed by atoms with Gasteiger partial charge in [-0.25, -0.2) is 4.79 Å². The van der Waals surface area contributed by atoms with Gasteiger partial charge >= 0.3 is 6.03 Å². The molecule has 4 amide bonds. The van der Waals surface area contributed by atoms with Crippen LogP contribution in [-0.4, -0.2) is 66.5 Å². The topological polar surface area (TPSA) is 91.0 Å². The number of amides is 4. The quantitative estimate of drug-likeness (QED) is 0.603. The van der Waals surface area contributed by atoms with E-state index in [2.05, 4.69) is 15.5 Å². The molecule has 4 rings (SSSR count). The Morgan fingerprint density at radius 1 is 1.16 bits per heavy atom. The van der Waals surface area contributed by atoms with Gasteiger partial charge in [-0.05, 0) is 57.2 Å². The van der Waals surface area contributed by atoms with Gasteiger partial charge in [0.25, 0.3) is 5.91 Å². The maximum atomic E-state index is 12.8. The van der Waals surface area contributed by atoms with Crippen LogP contribution in [0.1, 0.15) is 50.5 Å². The Kier molecular flexibility index (Phi) is 7.29. The van der Waals surface area contributed by atoms with Crippen molar-refractivity contribution >= 4 is 17.8 Å².